The highest BCUT2D eigenvalue weighted by Crippen LogP contribution is 2.44. The van der Waals surface area contributed by atoms with Crippen molar-refractivity contribution < 1.29 is 0 Å². The van der Waals surface area contributed by atoms with Gasteiger partial charge in [-0.05, 0) is 141 Å². The van der Waals surface area contributed by atoms with E-state index < -0.39 is 0 Å². The first-order valence-electron chi connectivity index (χ1n) is 26.7. The molecule has 13 aromatic rings. The second-order valence-electron chi connectivity index (χ2n) is 20.6. The molecule has 0 aliphatic carbocycles. The van der Waals surface area contributed by atoms with Crippen LogP contribution < -0.4 is 0 Å². The van der Waals surface area contributed by atoms with Crippen LogP contribution in [0.5, 0.6) is 0 Å². The van der Waals surface area contributed by atoms with Crippen LogP contribution >= 0.6 is 0 Å². The molecule has 0 saturated carbocycles. The Kier molecular flexibility index (Phi) is 12.4. The summed E-state index contributed by atoms with van der Waals surface area (Å²) in [5.41, 5.74) is 22.0. The molecule has 0 aliphatic rings. The Morgan fingerprint density at radius 2 is 0.658 bits per heavy atom. The van der Waals surface area contributed by atoms with Gasteiger partial charge in [0.25, 0.3) is 0 Å². The first-order valence-corrected chi connectivity index (χ1v) is 26.7. The van der Waals surface area contributed by atoms with E-state index >= 15 is 0 Å². The minimum atomic E-state index is 0.495. The molecule has 0 fully saturated rings. The van der Waals surface area contributed by atoms with Crippen molar-refractivity contribution in [3.05, 3.63) is 252 Å². The number of pyridine rings is 1. The average molecular weight is 1020 g/mol. The van der Waals surface area contributed by atoms with Gasteiger partial charge in [0, 0.05) is 55.9 Å². The standard InChI is InChI=1S/C71H54N8/c1-43-36-45(3)63(46(4)37-43)53-29-32-60-57(40-53)58-41-54(64-47(5)38-44(2)39-48(64)6)30-33-61(58)79(60)62-34-31-55(70-75-66(49-20-11-7-12-21-49)73-67(76-70)50-22-13-8-14-23-50)42-59(62)65-56(28-19-35-72-65)71-77-68(51-24-15-9-16-25-51)74-69(78-71)52-26-17-10-18-27-52/h7-42H,1-6H3. The SMILES string of the molecule is Cc1cc(C)c(-c2ccc3c(c2)c2cc(-c4c(C)cc(C)cc4C)ccc2n3-c2ccc(-c3nc(-c4ccccc4)nc(-c4ccccc4)n3)cc2-c2ncccc2-c2nc(-c3ccccc3)nc(-c3ccccc3)n2)c(C)c1. The summed E-state index contributed by atoms with van der Waals surface area (Å²) >= 11 is 0. The molecule has 0 saturated heterocycles. The van der Waals surface area contributed by atoms with Gasteiger partial charge in [0.05, 0.1) is 22.4 Å². The molecular formula is C71H54N8. The van der Waals surface area contributed by atoms with E-state index in [1.54, 1.807) is 0 Å². The Bertz CT molecular complexity index is 4200. The van der Waals surface area contributed by atoms with E-state index in [1.807, 2.05) is 134 Å². The number of rotatable bonds is 10. The Morgan fingerprint density at radius 3 is 1.06 bits per heavy atom. The molecule has 13 rings (SSSR count). The number of aromatic nitrogens is 8. The van der Waals surface area contributed by atoms with Crippen LogP contribution in [-0.4, -0.2) is 39.5 Å². The van der Waals surface area contributed by atoms with E-state index in [-0.39, 0.29) is 0 Å². The number of nitrogens with zero attached hydrogens (tertiary/aromatic N) is 8. The predicted molar refractivity (Wildman–Crippen MR) is 323 cm³/mol. The maximum absolute atomic E-state index is 5.32. The Balaban J connectivity index is 1.11. The van der Waals surface area contributed by atoms with Crippen molar-refractivity contribution in [2.45, 2.75) is 41.5 Å². The molecule has 8 nitrogen and oxygen atoms in total. The summed E-state index contributed by atoms with van der Waals surface area (Å²) in [6.07, 6.45) is 1.85. The number of aryl methyl sites for hydroxylation is 6. The minimum Gasteiger partial charge on any atom is -0.309 e. The Labute approximate surface area is 460 Å². The average Bonchev–Trinajstić information content (AvgIpc) is 4.08. The lowest BCUT2D eigenvalue weighted by molar-refractivity contribution is 1.07. The van der Waals surface area contributed by atoms with Gasteiger partial charge in [-0.25, -0.2) is 29.9 Å². The second kappa shape index (κ2) is 20.1. The molecule has 0 atom stereocenters. The third-order valence-corrected chi connectivity index (χ3v) is 14.9. The quantitative estimate of drug-likeness (QED) is 0.135. The summed E-state index contributed by atoms with van der Waals surface area (Å²) in [6, 6.07) is 73.9. The topological polar surface area (TPSA) is 95.2 Å². The molecule has 79 heavy (non-hydrogen) atoms. The summed E-state index contributed by atoms with van der Waals surface area (Å²) in [4.78, 5) is 36.4. The van der Waals surface area contributed by atoms with E-state index in [9.17, 15) is 0 Å². The van der Waals surface area contributed by atoms with Crippen LogP contribution in [0.15, 0.2) is 219 Å². The van der Waals surface area contributed by atoms with Crippen LogP contribution in [0.2, 0.25) is 0 Å². The van der Waals surface area contributed by atoms with Crippen LogP contribution in [0.25, 0.3) is 129 Å². The monoisotopic (exact) mass is 1020 g/mol. The molecule has 0 amide bonds. The third-order valence-electron chi connectivity index (χ3n) is 14.9. The van der Waals surface area contributed by atoms with Crippen LogP contribution in [0, 0.1) is 41.5 Å². The molecule has 0 bridgehead atoms. The van der Waals surface area contributed by atoms with Crippen LogP contribution in [0.4, 0.5) is 0 Å². The van der Waals surface area contributed by atoms with Gasteiger partial charge >= 0.3 is 0 Å². The van der Waals surface area contributed by atoms with Crippen molar-refractivity contribution in [3.63, 3.8) is 0 Å². The number of hydrogen-bond donors (Lipinski definition) is 0. The number of benzene rings is 9. The van der Waals surface area contributed by atoms with Gasteiger partial charge in [0.15, 0.2) is 34.9 Å². The fourth-order valence-electron chi connectivity index (χ4n) is 11.6. The molecule has 378 valence electrons. The predicted octanol–water partition coefficient (Wildman–Crippen LogP) is 17.4. The van der Waals surface area contributed by atoms with E-state index in [0.29, 0.717) is 40.6 Å². The summed E-state index contributed by atoms with van der Waals surface area (Å²) in [6.45, 7) is 13.2. The zero-order valence-electron chi connectivity index (χ0n) is 44.9. The highest BCUT2D eigenvalue weighted by Gasteiger charge is 2.25. The third kappa shape index (κ3) is 9.13. The van der Waals surface area contributed by atoms with Gasteiger partial charge in [-0.3, -0.25) is 4.98 Å². The van der Waals surface area contributed by atoms with Crippen molar-refractivity contribution in [1.29, 1.82) is 0 Å². The maximum Gasteiger partial charge on any atom is 0.166 e. The van der Waals surface area contributed by atoms with Gasteiger partial charge in [0.1, 0.15) is 0 Å². The van der Waals surface area contributed by atoms with Crippen molar-refractivity contribution in [2.24, 2.45) is 0 Å². The molecule has 8 heteroatoms. The summed E-state index contributed by atoms with van der Waals surface area (Å²) in [5, 5.41) is 2.28. The van der Waals surface area contributed by atoms with E-state index in [0.717, 1.165) is 66.4 Å². The number of hydrogen-bond acceptors (Lipinski definition) is 7. The Morgan fingerprint density at radius 1 is 0.291 bits per heavy atom. The highest BCUT2D eigenvalue weighted by molar-refractivity contribution is 6.12. The van der Waals surface area contributed by atoms with Crippen molar-refractivity contribution >= 4 is 21.8 Å². The fourth-order valence-corrected chi connectivity index (χ4v) is 11.6. The minimum absolute atomic E-state index is 0.495. The van der Waals surface area contributed by atoms with Gasteiger partial charge in [0.2, 0.25) is 0 Å². The second-order valence-corrected chi connectivity index (χ2v) is 20.6. The highest BCUT2D eigenvalue weighted by atomic mass is 15.1. The maximum atomic E-state index is 5.32. The molecule has 0 unspecified atom stereocenters. The van der Waals surface area contributed by atoms with Gasteiger partial charge in [-0.2, -0.15) is 0 Å². The molecule has 0 spiro atoms. The van der Waals surface area contributed by atoms with Crippen LogP contribution in [-0.2, 0) is 0 Å². The molecule has 0 aliphatic heterocycles. The smallest absolute Gasteiger partial charge is 0.166 e. The van der Waals surface area contributed by atoms with E-state index in [1.165, 1.54) is 55.6 Å². The van der Waals surface area contributed by atoms with Crippen LogP contribution in [0.3, 0.4) is 0 Å². The lowest BCUT2D eigenvalue weighted by Crippen LogP contribution is -2.04. The van der Waals surface area contributed by atoms with Crippen molar-refractivity contribution in [2.75, 3.05) is 0 Å². The first kappa shape index (κ1) is 48.6. The van der Waals surface area contributed by atoms with Crippen molar-refractivity contribution in [3.8, 4) is 108 Å². The Hall–Kier alpha value is -10.1. The zero-order chi connectivity index (χ0) is 53.7. The summed E-state index contributed by atoms with van der Waals surface area (Å²) in [7, 11) is 0. The van der Waals surface area contributed by atoms with E-state index in [2.05, 4.69) is 131 Å². The van der Waals surface area contributed by atoms with Gasteiger partial charge < -0.3 is 4.57 Å². The summed E-state index contributed by atoms with van der Waals surface area (Å²) < 4.78 is 2.40. The molecule has 4 heterocycles. The fraction of sp³-hybridized carbons (Fsp3) is 0.0845. The lowest BCUT2D eigenvalue weighted by Gasteiger charge is -2.18. The zero-order valence-corrected chi connectivity index (χ0v) is 44.9. The first-order chi connectivity index (χ1) is 38.6. The lowest BCUT2D eigenvalue weighted by atomic mass is 9.91. The number of fused-ring (bicyclic) bond motifs is 3. The normalized spacial score (nSPS) is 11.4. The van der Waals surface area contributed by atoms with E-state index in [4.69, 9.17) is 34.9 Å². The molecule has 9 aromatic carbocycles. The molecular weight excluding hydrogens is 965 g/mol. The molecule has 4 aromatic heterocycles. The van der Waals surface area contributed by atoms with Gasteiger partial charge in [-0.15, -0.1) is 0 Å². The molecule has 0 radical (unpaired) electrons. The summed E-state index contributed by atoms with van der Waals surface area (Å²) in [5.74, 6) is 3.30. The van der Waals surface area contributed by atoms with Gasteiger partial charge in [-0.1, -0.05) is 169 Å². The molecule has 0 N–H and O–H groups in total. The largest absolute Gasteiger partial charge is 0.309 e. The van der Waals surface area contributed by atoms with Crippen molar-refractivity contribution in [1.82, 2.24) is 39.5 Å². The van der Waals surface area contributed by atoms with Crippen LogP contribution in [0.1, 0.15) is 33.4 Å².